The number of rotatable bonds is 3. The van der Waals surface area contributed by atoms with E-state index in [1.54, 1.807) is 0 Å². The van der Waals surface area contributed by atoms with Crippen molar-refractivity contribution in [1.82, 2.24) is 0 Å². The molecule has 0 fully saturated rings. The number of nitrogens with two attached hydrogens (primary N) is 1. The molecule has 2 aromatic rings. The Morgan fingerprint density at radius 3 is 2.76 bits per heavy atom. The van der Waals surface area contributed by atoms with Gasteiger partial charge in [-0.2, -0.15) is 0 Å². The lowest BCUT2D eigenvalue weighted by Crippen LogP contribution is -2.17. The Morgan fingerprint density at radius 1 is 1.19 bits per heavy atom. The number of nitrogens with one attached hydrogen (secondary N) is 1. The van der Waals surface area contributed by atoms with Gasteiger partial charge < -0.3 is 15.8 Å². The van der Waals surface area contributed by atoms with Crippen molar-refractivity contribution in [2.45, 2.75) is 12.3 Å². The molecule has 0 amide bonds. The molecule has 21 heavy (non-hydrogen) atoms. The highest BCUT2D eigenvalue weighted by Crippen LogP contribution is 2.31. The van der Waals surface area contributed by atoms with Crippen molar-refractivity contribution in [2.24, 2.45) is 5.73 Å². The second kappa shape index (κ2) is 5.62. The molecule has 1 atom stereocenters. The van der Waals surface area contributed by atoms with E-state index in [9.17, 15) is 4.79 Å². The van der Waals surface area contributed by atoms with E-state index >= 15 is 0 Å². The lowest BCUT2D eigenvalue weighted by molar-refractivity contribution is -0.108. The monoisotopic (exact) mass is 298 g/mol. The van der Waals surface area contributed by atoms with Gasteiger partial charge in [-0.05, 0) is 47.9 Å². The first-order valence-electron chi connectivity index (χ1n) is 6.73. The van der Waals surface area contributed by atoms with E-state index in [2.05, 4.69) is 11.4 Å². The first-order valence-corrected chi connectivity index (χ1v) is 7.11. The number of fused-ring (bicyclic) bond motifs is 1. The van der Waals surface area contributed by atoms with E-state index in [1.165, 1.54) is 0 Å². The molecule has 4 heteroatoms. The molecule has 106 valence electrons. The zero-order valence-corrected chi connectivity index (χ0v) is 12.1. The number of halogens is 1. The van der Waals surface area contributed by atoms with Crippen LogP contribution < -0.4 is 11.1 Å². The van der Waals surface area contributed by atoms with Gasteiger partial charge in [-0.25, -0.2) is 0 Å². The van der Waals surface area contributed by atoms with Gasteiger partial charge in [0.1, 0.15) is 6.29 Å². The summed E-state index contributed by atoms with van der Waals surface area (Å²) in [5, 5.41) is 4.00. The third kappa shape index (κ3) is 2.78. The molecule has 0 heterocycles. The predicted molar refractivity (Wildman–Crippen MR) is 86.0 cm³/mol. The summed E-state index contributed by atoms with van der Waals surface area (Å²) < 4.78 is 0. The topological polar surface area (TPSA) is 55.1 Å². The predicted octanol–water partition coefficient (Wildman–Crippen LogP) is 3.76. The van der Waals surface area contributed by atoms with E-state index in [-0.39, 0.29) is 5.92 Å². The normalized spacial score (nSPS) is 16.8. The van der Waals surface area contributed by atoms with Gasteiger partial charge in [0, 0.05) is 22.1 Å². The molecule has 3 N–H and O–H groups in total. The molecule has 1 aliphatic rings. The van der Waals surface area contributed by atoms with Crippen molar-refractivity contribution in [1.29, 1.82) is 0 Å². The highest BCUT2D eigenvalue weighted by molar-refractivity contribution is 6.30. The molecule has 1 aliphatic carbocycles. The van der Waals surface area contributed by atoms with Gasteiger partial charge in [-0.1, -0.05) is 29.8 Å². The lowest BCUT2D eigenvalue weighted by Gasteiger charge is -2.21. The van der Waals surface area contributed by atoms with Crippen LogP contribution in [0.2, 0.25) is 5.02 Å². The number of benzene rings is 2. The number of hydrogen-bond acceptors (Lipinski definition) is 3. The van der Waals surface area contributed by atoms with Gasteiger partial charge in [0.05, 0.1) is 5.92 Å². The van der Waals surface area contributed by atoms with Gasteiger partial charge in [-0.15, -0.1) is 0 Å². The zero-order valence-electron chi connectivity index (χ0n) is 11.3. The Hall–Kier alpha value is -2.26. The first kappa shape index (κ1) is 13.7. The van der Waals surface area contributed by atoms with Crippen molar-refractivity contribution in [2.75, 3.05) is 5.32 Å². The number of anilines is 2. The minimum Gasteiger partial charge on any atom is -0.401 e. The van der Waals surface area contributed by atoms with Crippen molar-refractivity contribution >= 4 is 29.3 Å². The average molecular weight is 299 g/mol. The Labute approximate surface area is 128 Å². The molecule has 0 aliphatic heterocycles. The fourth-order valence-corrected chi connectivity index (χ4v) is 2.77. The summed E-state index contributed by atoms with van der Waals surface area (Å²) in [5.74, 6) is -0.325. The summed E-state index contributed by atoms with van der Waals surface area (Å²) in [6, 6.07) is 13.5. The fourth-order valence-electron chi connectivity index (χ4n) is 2.58. The van der Waals surface area contributed by atoms with Crippen LogP contribution in [0, 0.1) is 0 Å². The summed E-state index contributed by atoms with van der Waals surface area (Å²) in [6.45, 7) is 0. The number of aldehydes is 1. The molecule has 0 spiro atoms. The van der Waals surface area contributed by atoms with Crippen LogP contribution in [0.5, 0.6) is 0 Å². The van der Waals surface area contributed by atoms with Crippen LogP contribution in [0.3, 0.4) is 0 Å². The number of carbonyl (C=O) groups excluding carboxylic acids is 1. The quantitative estimate of drug-likeness (QED) is 0.848. The third-order valence-electron chi connectivity index (χ3n) is 3.64. The largest absolute Gasteiger partial charge is 0.401 e. The molecule has 0 bridgehead atoms. The van der Waals surface area contributed by atoms with Gasteiger partial charge in [0.2, 0.25) is 0 Å². The van der Waals surface area contributed by atoms with Crippen molar-refractivity contribution in [3.8, 4) is 0 Å². The molecule has 0 saturated heterocycles. The molecule has 3 nitrogen and oxygen atoms in total. The maximum absolute atomic E-state index is 11.2. The van der Waals surface area contributed by atoms with Crippen LogP contribution in [-0.2, 0) is 11.2 Å². The average Bonchev–Trinajstić information content (AvgIpc) is 2.47. The standard InChI is InChI=1S/C17H15ClN2O/c18-12-2-1-3-13(9-12)20-14-5-6-15-11(8-14)4-7-17(19)16(15)10-21/h1-3,5-10,16,20H,4,19H2/t16-/m0/s1. The van der Waals surface area contributed by atoms with Crippen LogP contribution in [0.4, 0.5) is 11.4 Å². The maximum Gasteiger partial charge on any atom is 0.133 e. The minimum absolute atomic E-state index is 0.325. The smallest absolute Gasteiger partial charge is 0.133 e. The van der Waals surface area contributed by atoms with Crippen LogP contribution >= 0.6 is 11.6 Å². The maximum atomic E-state index is 11.2. The fraction of sp³-hybridized carbons (Fsp3) is 0.118. The van der Waals surface area contributed by atoms with E-state index in [0.717, 1.165) is 35.2 Å². The molecular formula is C17H15ClN2O. The molecule has 0 aromatic heterocycles. The highest BCUT2D eigenvalue weighted by Gasteiger charge is 2.21. The summed E-state index contributed by atoms with van der Waals surface area (Å²) in [4.78, 5) is 11.2. The van der Waals surface area contributed by atoms with Gasteiger partial charge >= 0.3 is 0 Å². The Morgan fingerprint density at radius 2 is 2.00 bits per heavy atom. The highest BCUT2D eigenvalue weighted by atomic mass is 35.5. The SMILES string of the molecule is NC1=CCc2cc(Nc3cccc(Cl)c3)ccc2[C@@H]1C=O. The second-order valence-corrected chi connectivity index (χ2v) is 5.51. The molecule has 0 unspecified atom stereocenters. The number of hydrogen-bond donors (Lipinski definition) is 2. The summed E-state index contributed by atoms with van der Waals surface area (Å²) >= 11 is 5.98. The summed E-state index contributed by atoms with van der Waals surface area (Å²) in [5.41, 5.74) is 10.5. The Kier molecular flexibility index (Phi) is 3.67. The van der Waals surface area contributed by atoms with E-state index in [4.69, 9.17) is 17.3 Å². The zero-order chi connectivity index (χ0) is 14.8. The summed E-state index contributed by atoms with van der Waals surface area (Å²) in [7, 11) is 0. The molecule has 3 rings (SSSR count). The first-order chi connectivity index (χ1) is 10.2. The molecule has 0 radical (unpaired) electrons. The molecule has 0 saturated carbocycles. The molecular weight excluding hydrogens is 284 g/mol. The van der Waals surface area contributed by atoms with Crippen molar-refractivity contribution < 1.29 is 4.79 Å². The van der Waals surface area contributed by atoms with E-state index in [1.807, 2.05) is 42.5 Å². The van der Waals surface area contributed by atoms with E-state index < -0.39 is 0 Å². The molecule has 2 aromatic carbocycles. The van der Waals surface area contributed by atoms with Gasteiger partial charge in [0.25, 0.3) is 0 Å². The third-order valence-corrected chi connectivity index (χ3v) is 3.88. The van der Waals surface area contributed by atoms with Crippen LogP contribution in [-0.4, -0.2) is 6.29 Å². The Bertz CT molecular complexity index is 724. The lowest BCUT2D eigenvalue weighted by atomic mass is 9.86. The van der Waals surface area contributed by atoms with E-state index in [0.29, 0.717) is 10.7 Å². The van der Waals surface area contributed by atoms with Crippen LogP contribution in [0.25, 0.3) is 0 Å². The minimum atomic E-state index is -0.325. The number of carbonyl (C=O) groups is 1. The van der Waals surface area contributed by atoms with Crippen LogP contribution in [0.1, 0.15) is 17.0 Å². The Balaban J connectivity index is 1.90. The summed E-state index contributed by atoms with van der Waals surface area (Å²) in [6.07, 6.45) is 3.55. The van der Waals surface area contributed by atoms with Crippen molar-refractivity contribution in [3.63, 3.8) is 0 Å². The van der Waals surface area contributed by atoms with Gasteiger partial charge in [0.15, 0.2) is 0 Å². The van der Waals surface area contributed by atoms with Gasteiger partial charge in [-0.3, -0.25) is 0 Å². The van der Waals surface area contributed by atoms with Crippen LogP contribution in [0.15, 0.2) is 54.2 Å². The van der Waals surface area contributed by atoms with Crippen molar-refractivity contribution in [3.05, 3.63) is 70.4 Å². The second-order valence-electron chi connectivity index (χ2n) is 5.07. The number of allylic oxidation sites excluding steroid dienone is 2.